The van der Waals surface area contributed by atoms with Crippen molar-refractivity contribution < 1.29 is 27.8 Å². The topological polar surface area (TPSA) is 88.1 Å². The number of H-pyrrole nitrogens is 1. The lowest BCUT2D eigenvalue weighted by Gasteiger charge is -2.26. The van der Waals surface area contributed by atoms with Gasteiger partial charge >= 0.3 is 6.18 Å². The first kappa shape index (κ1) is 22.1. The first-order chi connectivity index (χ1) is 16.3. The van der Waals surface area contributed by atoms with E-state index in [4.69, 9.17) is 4.74 Å². The van der Waals surface area contributed by atoms with Gasteiger partial charge in [0.1, 0.15) is 11.6 Å². The lowest BCUT2D eigenvalue weighted by molar-refractivity contribution is -0.257. The Labute approximate surface area is 192 Å². The number of aliphatic hydroxyl groups is 1. The number of hydrogen-bond donors (Lipinski definition) is 2. The molecule has 1 fully saturated rings. The van der Waals surface area contributed by atoms with Crippen molar-refractivity contribution in [3.05, 3.63) is 71.9 Å². The zero-order valence-electron chi connectivity index (χ0n) is 17.8. The summed E-state index contributed by atoms with van der Waals surface area (Å²) in [5, 5.41) is 10.3. The van der Waals surface area contributed by atoms with Crippen molar-refractivity contribution in [2.45, 2.75) is 37.0 Å². The van der Waals surface area contributed by atoms with Gasteiger partial charge < -0.3 is 14.8 Å². The number of nitrogens with zero attached hydrogens (tertiary/aromatic N) is 2. The highest BCUT2D eigenvalue weighted by Gasteiger charge is 2.57. The highest BCUT2D eigenvalue weighted by atomic mass is 19.4. The Kier molecular flexibility index (Phi) is 5.36. The molecular weight excluding hydrogens is 447 g/mol. The molecule has 0 bridgehead atoms. The number of rotatable bonds is 5. The molecule has 0 radical (unpaired) electrons. The van der Waals surface area contributed by atoms with E-state index in [0.717, 1.165) is 5.52 Å². The molecule has 0 spiro atoms. The third kappa shape index (κ3) is 3.81. The second-order valence-corrected chi connectivity index (χ2v) is 8.41. The van der Waals surface area contributed by atoms with E-state index in [1.165, 1.54) is 6.20 Å². The van der Waals surface area contributed by atoms with E-state index in [-0.39, 0.29) is 18.1 Å². The van der Waals surface area contributed by atoms with Crippen LogP contribution in [0.15, 0.2) is 60.8 Å². The fourth-order valence-corrected chi connectivity index (χ4v) is 4.51. The fourth-order valence-electron chi connectivity index (χ4n) is 4.51. The van der Waals surface area contributed by atoms with E-state index in [9.17, 15) is 23.1 Å². The number of aldehydes is 1. The molecular formula is C25H20F3N3O3. The number of halogens is 3. The first-order valence-corrected chi connectivity index (χ1v) is 10.7. The molecule has 1 aliphatic carbocycles. The van der Waals surface area contributed by atoms with E-state index < -0.39 is 30.5 Å². The summed E-state index contributed by atoms with van der Waals surface area (Å²) in [5.74, 6) is 0.151. The molecule has 2 atom stereocenters. The molecule has 1 aliphatic rings. The van der Waals surface area contributed by atoms with Gasteiger partial charge in [-0.15, -0.1) is 0 Å². The van der Waals surface area contributed by atoms with Crippen LogP contribution in [0.5, 0.6) is 11.6 Å². The third-order valence-corrected chi connectivity index (χ3v) is 6.29. The molecule has 4 aromatic rings. The maximum absolute atomic E-state index is 13.5. The van der Waals surface area contributed by atoms with Crippen LogP contribution in [0, 0.1) is 0 Å². The van der Waals surface area contributed by atoms with Gasteiger partial charge in [0.2, 0.25) is 5.88 Å². The van der Waals surface area contributed by atoms with Gasteiger partial charge in [0.05, 0.1) is 22.2 Å². The summed E-state index contributed by atoms with van der Waals surface area (Å²) in [7, 11) is 0. The number of para-hydroxylation sites is 3. The Morgan fingerprint density at radius 1 is 1.12 bits per heavy atom. The van der Waals surface area contributed by atoms with Crippen LogP contribution in [0.1, 0.15) is 41.1 Å². The van der Waals surface area contributed by atoms with Crippen LogP contribution in [0.4, 0.5) is 13.2 Å². The van der Waals surface area contributed by atoms with Gasteiger partial charge in [-0.1, -0.05) is 24.3 Å². The predicted molar refractivity (Wildman–Crippen MR) is 119 cm³/mol. The zero-order chi connectivity index (χ0) is 23.9. The van der Waals surface area contributed by atoms with Gasteiger partial charge in [-0.2, -0.15) is 13.2 Å². The number of aromatic nitrogens is 3. The Hall–Kier alpha value is -3.72. The van der Waals surface area contributed by atoms with Gasteiger partial charge in [0.15, 0.2) is 11.9 Å². The Bertz CT molecular complexity index is 1340. The Balaban J connectivity index is 1.65. The van der Waals surface area contributed by atoms with Crippen molar-refractivity contribution in [1.29, 1.82) is 0 Å². The lowest BCUT2D eigenvalue weighted by Crippen LogP contribution is -2.42. The zero-order valence-corrected chi connectivity index (χ0v) is 17.8. The van der Waals surface area contributed by atoms with E-state index in [2.05, 4.69) is 15.0 Å². The van der Waals surface area contributed by atoms with E-state index in [1.807, 2.05) is 24.3 Å². The number of nitrogens with one attached hydrogen (secondary N) is 1. The summed E-state index contributed by atoms with van der Waals surface area (Å²) in [6.45, 7) is 0. The summed E-state index contributed by atoms with van der Waals surface area (Å²) in [6, 6.07) is 15.5. The molecule has 2 heterocycles. The SMILES string of the molecule is O=Cc1ccccc1Oc1nccc([C@H]2CCC(O)(C(F)(F)F)C2)c1-c1nc2ccccc2[nH]1. The third-order valence-electron chi connectivity index (χ3n) is 6.29. The molecule has 174 valence electrons. The molecule has 2 N–H and O–H groups in total. The van der Waals surface area contributed by atoms with Crippen molar-refractivity contribution in [2.24, 2.45) is 0 Å². The first-order valence-electron chi connectivity index (χ1n) is 10.7. The smallest absolute Gasteiger partial charge is 0.417 e. The molecule has 0 amide bonds. The number of alkyl halides is 3. The number of ether oxygens (including phenoxy) is 1. The quantitative estimate of drug-likeness (QED) is 0.363. The Morgan fingerprint density at radius 3 is 2.62 bits per heavy atom. The highest BCUT2D eigenvalue weighted by molar-refractivity contribution is 5.82. The number of fused-ring (bicyclic) bond motifs is 1. The van der Waals surface area contributed by atoms with Gasteiger partial charge in [0, 0.05) is 6.20 Å². The average Bonchev–Trinajstić information content (AvgIpc) is 3.43. The molecule has 34 heavy (non-hydrogen) atoms. The summed E-state index contributed by atoms with van der Waals surface area (Å²) < 4.78 is 46.5. The van der Waals surface area contributed by atoms with Crippen molar-refractivity contribution in [3.8, 4) is 23.0 Å². The fraction of sp³-hybridized carbons (Fsp3) is 0.240. The molecule has 1 saturated carbocycles. The summed E-state index contributed by atoms with van der Waals surface area (Å²) in [5.41, 5.74) is -0.104. The summed E-state index contributed by atoms with van der Waals surface area (Å²) >= 11 is 0. The number of benzene rings is 2. The van der Waals surface area contributed by atoms with Crippen molar-refractivity contribution in [3.63, 3.8) is 0 Å². The number of hydrogen-bond acceptors (Lipinski definition) is 5. The Morgan fingerprint density at radius 2 is 1.88 bits per heavy atom. The number of pyridine rings is 1. The molecule has 0 saturated heterocycles. The molecule has 5 rings (SSSR count). The van der Waals surface area contributed by atoms with Crippen LogP contribution in [0.3, 0.4) is 0 Å². The van der Waals surface area contributed by atoms with Crippen molar-refractivity contribution in [1.82, 2.24) is 15.0 Å². The van der Waals surface area contributed by atoms with Crippen molar-refractivity contribution in [2.75, 3.05) is 0 Å². The number of aromatic amines is 1. The van der Waals surface area contributed by atoms with Gasteiger partial charge in [-0.3, -0.25) is 4.79 Å². The minimum Gasteiger partial charge on any atom is -0.437 e. The second-order valence-electron chi connectivity index (χ2n) is 8.41. The molecule has 0 aliphatic heterocycles. The molecule has 2 aromatic heterocycles. The number of imidazole rings is 1. The van der Waals surface area contributed by atoms with Crippen LogP contribution in [0.25, 0.3) is 22.4 Å². The molecule has 6 nitrogen and oxygen atoms in total. The summed E-state index contributed by atoms with van der Waals surface area (Å²) in [6.07, 6.45) is -3.36. The lowest BCUT2D eigenvalue weighted by atomic mass is 9.91. The van der Waals surface area contributed by atoms with E-state index >= 15 is 0 Å². The van der Waals surface area contributed by atoms with Gasteiger partial charge in [-0.05, 0) is 61.1 Å². The normalized spacial score (nSPS) is 20.5. The maximum atomic E-state index is 13.5. The monoisotopic (exact) mass is 467 g/mol. The minimum atomic E-state index is -4.73. The van der Waals surface area contributed by atoms with Crippen LogP contribution in [-0.2, 0) is 0 Å². The standard InChI is InChI=1S/C25H20F3N3O3/c26-25(27,28)24(33)11-9-15(13-24)17-10-12-29-23(34-20-8-4-1-5-16(20)14-32)21(17)22-30-18-6-2-3-7-19(18)31-22/h1-8,10,12,14-15,33H,9,11,13H2,(H,30,31)/t15-,24?/m0/s1. The summed E-state index contributed by atoms with van der Waals surface area (Å²) in [4.78, 5) is 23.6. The minimum absolute atomic E-state index is 0.105. The predicted octanol–water partition coefficient (Wildman–Crippen LogP) is 5.79. The molecule has 1 unspecified atom stereocenters. The number of carbonyl (C=O) groups is 1. The van der Waals surface area contributed by atoms with Gasteiger partial charge in [0.25, 0.3) is 0 Å². The van der Waals surface area contributed by atoms with E-state index in [0.29, 0.717) is 34.3 Å². The largest absolute Gasteiger partial charge is 0.437 e. The van der Waals surface area contributed by atoms with Crippen LogP contribution >= 0.6 is 0 Å². The van der Waals surface area contributed by atoms with E-state index in [1.54, 1.807) is 30.3 Å². The van der Waals surface area contributed by atoms with Crippen molar-refractivity contribution >= 4 is 17.3 Å². The van der Waals surface area contributed by atoms with Gasteiger partial charge in [-0.25, -0.2) is 9.97 Å². The van der Waals surface area contributed by atoms with Crippen LogP contribution in [0.2, 0.25) is 0 Å². The molecule has 2 aromatic carbocycles. The van der Waals surface area contributed by atoms with Crippen LogP contribution in [-0.4, -0.2) is 38.1 Å². The second kappa shape index (κ2) is 8.25. The average molecular weight is 467 g/mol. The maximum Gasteiger partial charge on any atom is 0.417 e. The number of carbonyl (C=O) groups excluding carboxylic acids is 1. The molecule has 9 heteroatoms. The van der Waals surface area contributed by atoms with Crippen LogP contribution < -0.4 is 4.74 Å². The highest BCUT2D eigenvalue weighted by Crippen LogP contribution is 2.51.